The molecule has 4 rings (SSSR count). The molecule has 6 nitrogen and oxygen atoms in total. The van der Waals surface area contributed by atoms with Crippen LogP contribution in [-0.2, 0) is 24.3 Å². The Labute approximate surface area is 183 Å². The highest BCUT2D eigenvalue weighted by Gasteiger charge is 2.28. The molecule has 7 heteroatoms. The first-order valence-electron chi connectivity index (χ1n) is 11.5. The summed E-state index contributed by atoms with van der Waals surface area (Å²) in [5.74, 6) is 1.40. The molecule has 1 aromatic carbocycles. The lowest BCUT2D eigenvalue weighted by Crippen LogP contribution is -2.40. The van der Waals surface area contributed by atoms with Crippen LogP contribution in [0, 0.1) is 17.7 Å². The van der Waals surface area contributed by atoms with Gasteiger partial charge in [-0.05, 0) is 81.4 Å². The highest BCUT2D eigenvalue weighted by Crippen LogP contribution is 2.26. The Kier molecular flexibility index (Phi) is 7.70. The number of aromatic nitrogens is 1. The van der Waals surface area contributed by atoms with E-state index in [2.05, 4.69) is 26.8 Å². The molecule has 2 aliphatic rings. The van der Waals surface area contributed by atoms with Crippen LogP contribution < -0.4 is 10.6 Å². The Bertz CT molecular complexity index is 832. The zero-order chi connectivity index (χ0) is 21.5. The first-order valence-corrected chi connectivity index (χ1v) is 11.5. The third-order valence-corrected chi connectivity index (χ3v) is 6.52. The molecule has 2 fully saturated rings. The standard InChI is InChI=1S/C24H33FN4O2/c25-21-6-4-18(5-7-21)15-27-24(30)13-19-8-9-26-16-20(19)12-22-14-23(31-28-22)17-29-10-2-1-3-11-29/h4-7,14,19-20,26H,1-3,8-13,15-17H2,(H,27,30)/t19-,20+/m1/s1. The molecule has 2 aliphatic heterocycles. The average Bonchev–Trinajstić information content (AvgIpc) is 3.22. The number of benzene rings is 1. The van der Waals surface area contributed by atoms with Gasteiger partial charge in [-0.25, -0.2) is 4.39 Å². The predicted molar refractivity (Wildman–Crippen MR) is 117 cm³/mol. The summed E-state index contributed by atoms with van der Waals surface area (Å²) in [5.41, 5.74) is 1.89. The lowest BCUT2D eigenvalue weighted by molar-refractivity contribution is -0.122. The minimum atomic E-state index is -0.264. The van der Waals surface area contributed by atoms with E-state index in [9.17, 15) is 9.18 Å². The highest BCUT2D eigenvalue weighted by molar-refractivity contribution is 5.76. The first kappa shape index (κ1) is 22.0. The summed E-state index contributed by atoms with van der Waals surface area (Å²) in [4.78, 5) is 15.0. The van der Waals surface area contributed by atoms with Crippen molar-refractivity contribution in [2.75, 3.05) is 26.2 Å². The van der Waals surface area contributed by atoms with Gasteiger partial charge in [-0.3, -0.25) is 9.69 Å². The fraction of sp³-hybridized carbons (Fsp3) is 0.583. The largest absolute Gasteiger partial charge is 0.360 e. The molecule has 0 bridgehead atoms. The number of carbonyl (C=O) groups is 1. The maximum Gasteiger partial charge on any atom is 0.220 e. The molecule has 0 unspecified atom stereocenters. The quantitative estimate of drug-likeness (QED) is 0.675. The summed E-state index contributed by atoms with van der Waals surface area (Å²) in [5, 5.41) is 10.8. The van der Waals surface area contributed by atoms with E-state index < -0.39 is 0 Å². The second-order valence-electron chi connectivity index (χ2n) is 8.95. The Morgan fingerprint density at radius 1 is 1.19 bits per heavy atom. The minimum Gasteiger partial charge on any atom is -0.360 e. The molecule has 0 radical (unpaired) electrons. The fourth-order valence-electron chi connectivity index (χ4n) is 4.73. The summed E-state index contributed by atoms with van der Waals surface area (Å²) in [6, 6.07) is 8.34. The maximum atomic E-state index is 13.0. The van der Waals surface area contributed by atoms with Crippen LogP contribution in [0.3, 0.4) is 0 Å². The number of likely N-dealkylation sites (tertiary alicyclic amines) is 1. The molecule has 2 atom stereocenters. The number of halogens is 1. The second kappa shape index (κ2) is 10.9. The van der Waals surface area contributed by atoms with Crippen LogP contribution in [-0.4, -0.2) is 42.1 Å². The summed E-state index contributed by atoms with van der Waals surface area (Å²) < 4.78 is 18.6. The molecule has 0 aliphatic carbocycles. The molecule has 2 N–H and O–H groups in total. The molecule has 1 amide bonds. The zero-order valence-corrected chi connectivity index (χ0v) is 18.1. The van der Waals surface area contributed by atoms with E-state index in [4.69, 9.17) is 4.52 Å². The molecule has 0 saturated carbocycles. The molecule has 168 valence electrons. The van der Waals surface area contributed by atoms with Crippen molar-refractivity contribution in [3.05, 3.63) is 53.2 Å². The van der Waals surface area contributed by atoms with Gasteiger partial charge in [0.15, 0.2) is 5.76 Å². The van der Waals surface area contributed by atoms with Crippen molar-refractivity contribution < 1.29 is 13.7 Å². The third-order valence-electron chi connectivity index (χ3n) is 6.52. The van der Waals surface area contributed by atoms with Crippen LogP contribution in [0.1, 0.15) is 49.1 Å². The molecule has 31 heavy (non-hydrogen) atoms. The van der Waals surface area contributed by atoms with E-state index in [0.29, 0.717) is 24.8 Å². The lowest BCUT2D eigenvalue weighted by Gasteiger charge is -2.31. The third kappa shape index (κ3) is 6.61. The summed E-state index contributed by atoms with van der Waals surface area (Å²) >= 11 is 0. The molecular weight excluding hydrogens is 395 g/mol. The van der Waals surface area contributed by atoms with Crippen LogP contribution in [0.25, 0.3) is 0 Å². The smallest absolute Gasteiger partial charge is 0.220 e. The van der Waals surface area contributed by atoms with E-state index in [1.54, 1.807) is 12.1 Å². The first-order chi connectivity index (χ1) is 15.2. The van der Waals surface area contributed by atoms with Crippen LogP contribution in [0.5, 0.6) is 0 Å². The van der Waals surface area contributed by atoms with Crippen molar-refractivity contribution in [2.24, 2.45) is 11.8 Å². The van der Waals surface area contributed by atoms with Gasteiger partial charge >= 0.3 is 0 Å². The lowest BCUT2D eigenvalue weighted by atomic mass is 9.81. The highest BCUT2D eigenvalue weighted by atomic mass is 19.1. The molecular formula is C24H33FN4O2. The van der Waals surface area contributed by atoms with Crippen LogP contribution in [0.2, 0.25) is 0 Å². The Hall–Kier alpha value is -2.25. The van der Waals surface area contributed by atoms with Gasteiger partial charge in [0.05, 0.1) is 12.2 Å². The van der Waals surface area contributed by atoms with Gasteiger partial charge in [-0.1, -0.05) is 23.7 Å². The second-order valence-corrected chi connectivity index (χ2v) is 8.95. The van der Waals surface area contributed by atoms with Gasteiger partial charge in [0.25, 0.3) is 0 Å². The van der Waals surface area contributed by atoms with E-state index in [-0.39, 0.29) is 11.7 Å². The van der Waals surface area contributed by atoms with Crippen molar-refractivity contribution in [2.45, 2.75) is 51.6 Å². The van der Waals surface area contributed by atoms with Crippen molar-refractivity contribution in [1.82, 2.24) is 20.7 Å². The van der Waals surface area contributed by atoms with E-state index >= 15 is 0 Å². The molecule has 1 aromatic heterocycles. The minimum absolute atomic E-state index is 0.0483. The van der Waals surface area contributed by atoms with Gasteiger partial charge < -0.3 is 15.2 Å². The Balaban J connectivity index is 1.27. The number of rotatable bonds is 8. The number of nitrogens with zero attached hydrogens (tertiary/aromatic N) is 2. The number of hydrogen-bond acceptors (Lipinski definition) is 5. The SMILES string of the molecule is O=C(C[C@H]1CCNC[C@@H]1Cc1cc(CN2CCCCC2)on1)NCc1ccc(F)cc1. The fourth-order valence-corrected chi connectivity index (χ4v) is 4.73. The summed E-state index contributed by atoms with van der Waals surface area (Å²) in [6.07, 6.45) is 6.16. The van der Waals surface area contributed by atoms with Crippen LogP contribution >= 0.6 is 0 Å². The van der Waals surface area contributed by atoms with Gasteiger partial charge in [-0.15, -0.1) is 0 Å². The monoisotopic (exact) mass is 428 g/mol. The summed E-state index contributed by atoms with van der Waals surface area (Å²) in [6.45, 7) is 5.37. The number of nitrogens with one attached hydrogen (secondary N) is 2. The Morgan fingerprint density at radius 2 is 2.00 bits per heavy atom. The van der Waals surface area contributed by atoms with Crippen molar-refractivity contribution >= 4 is 5.91 Å². The molecule has 3 heterocycles. The number of carbonyl (C=O) groups excluding carboxylic acids is 1. The molecule has 2 aromatic rings. The normalized spacial score (nSPS) is 22.4. The number of amides is 1. The van der Waals surface area contributed by atoms with Crippen molar-refractivity contribution in [3.63, 3.8) is 0 Å². The zero-order valence-electron chi connectivity index (χ0n) is 18.1. The van der Waals surface area contributed by atoms with Crippen molar-refractivity contribution in [1.29, 1.82) is 0 Å². The average molecular weight is 429 g/mol. The summed E-state index contributed by atoms with van der Waals surface area (Å²) in [7, 11) is 0. The molecule has 0 spiro atoms. The maximum absolute atomic E-state index is 13.0. The van der Waals surface area contributed by atoms with E-state index in [0.717, 1.165) is 62.6 Å². The van der Waals surface area contributed by atoms with Gasteiger partial charge in [0.2, 0.25) is 5.91 Å². The van der Waals surface area contributed by atoms with E-state index in [1.807, 2.05) is 0 Å². The topological polar surface area (TPSA) is 70.4 Å². The predicted octanol–water partition coefficient (Wildman–Crippen LogP) is 3.27. The van der Waals surface area contributed by atoms with Gasteiger partial charge in [-0.2, -0.15) is 0 Å². The number of piperidine rings is 2. The van der Waals surface area contributed by atoms with Crippen molar-refractivity contribution in [3.8, 4) is 0 Å². The van der Waals surface area contributed by atoms with Crippen LogP contribution in [0.4, 0.5) is 4.39 Å². The molecule has 2 saturated heterocycles. The van der Waals surface area contributed by atoms with Gasteiger partial charge in [0.1, 0.15) is 5.82 Å². The Morgan fingerprint density at radius 3 is 2.81 bits per heavy atom. The number of hydrogen-bond donors (Lipinski definition) is 2. The van der Waals surface area contributed by atoms with E-state index in [1.165, 1.54) is 31.4 Å². The van der Waals surface area contributed by atoms with Gasteiger partial charge in [0, 0.05) is 19.0 Å². The van der Waals surface area contributed by atoms with Crippen LogP contribution in [0.15, 0.2) is 34.9 Å².